The molecule has 0 aliphatic rings. The number of aromatic nitrogens is 2. The Morgan fingerprint density at radius 1 is 1.50 bits per heavy atom. The lowest BCUT2D eigenvalue weighted by Gasteiger charge is -2.20. The van der Waals surface area contributed by atoms with Gasteiger partial charge in [0.05, 0.1) is 12.6 Å². The molecule has 0 amide bonds. The third-order valence-electron chi connectivity index (χ3n) is 1.97. The minimum absolute atomic E-state index is 0.0106. The van der Waals surface area contributed by atoms with Crippen LogP contribution >= 0.6 is 0 Å². The normalized spacial score (nSPS) is 12.9. The van der Waals surface area contributed by atoms with E-state index in [0.29, 0.717) is 5.82 Å². The average molecular weight is 199 g/mol. The van der Waals surface area contributed by atoms with Crippen molar-refractivity contribution in [3.8, 4) is 0 Å². The highest BCUT2D eigenvalue weighted by Crippen LogP contribution is 2.09. The molecule has 1 heterocycles. The Kier molecular flexibility index (Phi) is 3.76. The Morgan fingerprint density at radius 2 is 2.21 bits per heavy atom. The molecule has 0 aromatic carbocycles. The highest BCUT2D eigenvalue weighted by atomic mass is 19.1. The molecule has 0 fully saturated rings. The van der Waals surface area contributed by atoms with Gasteiger partial charge >= 0.3 is 0 Å². The summed E-state index contributed by atoms with van der Waals surface area (Å²) in [4.78, 5) is 7.17. The van der Waals surface area contributed by atoms with Gasteiger partial charge in [0.1, 0.15) is 12.1 Å². The van der Waals surface area contributed by atoms with Crippen molar-refractivity contribution < 1.29 is 9.50 Å². The number of hydrogen-bond acceptors (Lipinski definition) is 4. The van der Waals surface area contributed by atoms with Crippen molar-refractivity contribution in [1.29, 1.82) is 0 Å². The molecule has 78 valence electrons. The molecule has 5 heteroatoms. The molecule has 1 aromatic rings. The van der Waals surface area contributed by atoms with Crippen molar-refractivity contribution in [2.45, 2.75) is 19.9 Å². The van der Waals surface area contributed by atoms with Crippen LogP contribution in [-0.4, -0.2) is 27.7 Å². The second-order valence-corrected chi connectivity index (χ2v) is 3.40. The highest BCUT2D eigenvalue weighted by molar-refractivity contribution is 5.33. The van der Waals surface area contributed by atoms with E-state index in [1.807, 2.05) is 13.8 Å². The van der Waals surface area contributed by atoms with Crippen LogP contribution in [0.5, 0.6) is 0 Å². The fourth-order valence-corrected chi connectivity index (χ4v) is 1.03. The van der Waals surface area contributed by atoms with Gasteiger partial charge in [-0.1, -0.05) is 13.8 Å². The Bertz CT molecular complexity index is 293. The Balaban J connectivity index is 2.67. The molecule has 0 spiro atoms. The molecule has 1 aromatic heterocycles. The van der Waals surface area contributed by atoms with Gasteiger partial charge in [0, 0.05) is 6.07 Å². The number of halogens is 1. The van der Waals surface area contributed by atoms with Crippen LogP contribution < -0.4 is 5.32 Å². The lowest BCUT2D eigenvalue weighted by atomic mass is 10.1. The number of hydrogen-bond donors (Lipinski definition) is 2. The van der Waals surface area contributed by atoms with Gasteiger partial charge < -0.3 is 10.4 Å². The molecular weight excluding hydrogens is 185 g/mol. The first-order valence-electron chi connectivity index (χ1n) is 4.48. The van der Waals surface area contributed by atoms with E-state index in [1.165, 1.54) is 6.07 Å². The zero-order valence-corrected chi connectivity index (χ0v) is 8.24. The quantitative estimate of drug-likeness (QED) is 0.711. The number of aliphatic hydroxyl groups is 1. The van der Waals surface area contributed by atoms with Crippen molar-refractivity contribution in [3.05, 3.63) is 18.3 Å². The molecule has 0 aliphatic heterocycles. The zero-order chi connectivity index (χ0) is 10.6. The highest BCUT2D eigenvalue weighted by Gasteiger charge is 2.12. The van der Waals surface area contributed by atoms with Gasteiger partial charge in [-0.3, -0.25) is 0 Å². The number of aliphatic hydroxyl groups excluding tert-OH is 1. The van der Waals surface area contributed by atoms with E-state index >= 15 is 0 Å². The number of anilines is 1. The number of rotatable bonds is 4. The fraction of sp³-hybridized carbons (Fsp3) is 0.556. The zero-order valence-electron chi connectivity index (χ0n) is 8.24. The minimum Gasteiger partial charge on any atom is -0.394 e. The Hall–Kier alpha value is -1.23. The van der Waals surface area contributed by atoms with Gasteiger partial charge in [-0.2, -0.15) is 4.39 Å². The number of nitrogens with one attached hydrogen (secondary N) is 1. The van der Waals surface area contributed by atoms with E-state index < -0.39 is 5.95 Å². The topological polar surface area (TPSA) is 58.0 Å². The third-order valence-corrected chi connectivity index (χ3v) is 1.97. The van der Waals surface area contributed by atoms with Crippen molar-refractivity contribution in [2.24, 2.45) is 5.92 Å². The van der Waals surface area contributed by atoms with Crippen LogP contribution in [-0.2, 0) is 0 Å². The van der Waals surface area contributed by atoms with Gasteiger partial charge in [-0.05, 0) is 5.92 Å². The van der Waals surface area contributed by atoms with E-state index in [2.05, 4.69) is 15.3 Å². The lowest BCUT2D eigenvalue weighted by Crippen LogP contribution is -2.29. The van der Waals surface area contributed by atoms with Gasteiger partial charge in [-0.25, -0.2) is 9.97 Å². The van der Waals surface area contributed by atoms with Gasteiger partial charge in [0.2, 0.25) is 5.95 Å². The van der Waals surface area contributed by atoms with Crippen molar-refractivity contribution in [3.63, 3.8) is 0 Å². The largest absolute Gasteiger partial charge is 0.394 e. The first kappa shape index (κ1) is 10.8. The van der Waals surface area contributed by atoms with Crippen LogP contribution in [0.25, 0.3) is 0 Å². The van der Waals surface area contributed by atoms with Crippen LogP contribution in [0.1, 0.15) is 13.8 Å². The molecule has 14 heavy (non-hydrogen) atoms. The van der Waals surface area contributed by atoms with Gasteiger partial charge in [0.25, 0.3) is 0 Å². The molecule has 4 nitrogen and oxygen atoms in total. The molecule has 1 atom stereocenters. The summed E-state index contributed by atoms with van der Waals surface area (Å²) in [5.41, 5.74) is 0. The summed E-state index contributed by atoms with van der Waals surface area (Å²) in [7, 11) is 0. The first-order valence-corrected chi connectivity index (χ1v) is 4.48. The third kappa shape index (κ3) is 2.92. The molecule has 0 saturated heterocycles. The van der Waals surface area contributed by atoms with Crippen LogP contribution in [0.2, 0.25) is 0 Å². The predicted molar refractivity (Wildman–Crippen MR) is 51.3 cm³/mol. The summed E-state index contributed by atoms with van der Waals surface area (Å²) in [6, 6.07) is 1.08. The summed E-state index contributed by atoms with van der Waals surface area (Å²) in [5, 5.41) is 12.0. The molecule has 1 rings (SSSR count). The van der Waals surface area contributed by atoms with E-state index in [-0.39, 0.29) is 18.6 Å². The number of nitrogens with zero attached hydrogens (tertiary/aromatic N) is 2. The second-order valence-electron chi connectivity index (χ2n) is 3.40. The van der Waals surface area contributed by atoms with E-state index in [0.717, 1.165) is 6.33 Å². The summed E-state index contributed by atoms with van der Waals surface area (Å²) in [5.74, 6) is 0.0613. The van der Waals surface area contributed by atoms with E-state index in [1.54, 1.807) is 0 Å². The van der Waals surface area contributed by atoms with Gasteiger partial charge in [-0.15, -0.1) is 0 Å². The van der Waals surface area contributed by atoms with E-state index in [9.17, 15) is 4.39 Å². The molecule has 2 N–H and O–H groups in total. The standard InChI is InChI=1S/C9H14FN3O/c1-6(2)7(4-14)13-9-3-8(10)11-5-12-9/h3,5-7,14H,4H2,1-2H3,(H,11,12,13)/t7-/m1/s1. The molecule has 0 saturated carbocycles. The maximum Gasteiger partial charge on any atom is 0.217 e. The lowest BCUT2D eigenvalue weighted by molar-refractivity contribution is 0.249. The van der Waals surface area contributed by atoms with Gasteiger partial charge in [0.15, 0.2) is 0 Å². The van der Waals surface area contributed by atoms with Crippen LogP contribution in [0.3, 0.4) is 0 Å². The predicted octanol–water partition coefficient (Wildman–Crippen LogP) is 1.04. The van der Waals surface area contributed by atoms with E-state index in [4.69, 9.17) is 5.11 Å². The van der Waals surface area contributed by atoms with Crippen molar-refractivity contribution in [2.75, 3.05) is 11.9 Å². The summed E-state index contributed by atoms with van der Waals surface area (Å²) in [6.07, 6.45) is 1.15. The first-order chi connectivity index (χ1) is 6.63. The molecular formula is C9H14FN3O. The molecule has 0 radical (unpaired) electrons. The fourth-order valence-electron chi connectivity index (χ4n) is 1.03. The maximum absolute atomic E-state index is 12.7. The summed E-state index contributed by atoms with van der Waals surface area (Å²) in [6.45, 7) is 3.92. The Labute approximate surface area is 82.2 Å². The molecule has 0 unspecified atom stereocenters. The smallest absolute Gasteiger partial charge is 0.217 e. The average Bonchev–Trinajstić information content (AvgIpc) is 2.14. The van der Waals surface area contributed by atoms with Crippen molar-refractivity contribution >= 4 is 5.82 Å². The van der Waals surface area contributed by atoms with Crippen LogP contribution in [0.15, 0.2) is 12.4 Å². The molecule has 0 aliphatic carbocycles. The van der Waals surface area contributed by atoms with Crippen LogP contribution in [0, 0.1) is 11.9 Å². The second kappa shape index (κ2) is 4.85. The summed E-state index contributed by atoms with van der Waals surface area (Å²) < 4.78 is 12.7. The SMILES string of the molecule is CC(C)[C@@H](CO)Nc1cc(F)ncn1. The minimum atomic E-state index is -0.581. The maximum atomic E-state index is 12.7. The van der Waals surface area contributed by atoms with Crippen LogP contribution in [0.4, 0.5) is 10.2 Å². The monoisotopic (exact) mass is 199 g/mol. The Morgan fingerprint density at radius 3 is 2.71 bits per heavy atom. The molecule has 0 bridgehead atoms. The van der Waals surface area contributed by atoms with Crippen molar-refractivity contribution in [1.82, 2.24) is 9.97 Å². The summed E-state index contributed by atoms with van der Waals surface area (Å²) >= 11 is 0.